The number of hydrogen-bond donors (Lipinski definition) is 2. The van der Waals surface area contributed by atoms with Crippen LogP contribution in [0.15, 0.2) is 47.4 Å². The predicted octanol–water partition coefficient (Wildman–Crippen LogP) is 1.74. The van der Waals surface area contributed by atoms with Gasteiger partial charge in [0.15, 0.2) is 6.61 Å². The number of amides is 1. The molecule has 2 aromatic carbocycles. The third kappa shape index (κ3) is 4.85. The summed E-state index contributed by atoms with van der Waals surface area (Å²) >= 11 is 0. The molecule has 0 aromatic heterocycles. The fourth-order valence-corrected chi connectivity index (χ4v) is 4.19. The Kier molecular flexibility index (Phi) is 5.79. The normalized spacial score (nSPS) is 13.8. The molecule has 1 heterocycles. The van der Waals surface area contributed by atoms with E-state index < -0.39 is 10.0 Å². The molecule has 0 spiro atoms. The van der Waals surface area contributed by atoms with Gasteiger partial charge in [-0.15, -0.1) is 0 Å². The third-order valence-electron chi connectivity index (χ3n) is 4.28. The van der Waals surface area contributed by atoms with Gasteiger partial charge >= 0.3 is 0 Å². The molecule has 1 aliphatic rings. The van der Waals surface area contributed by atoms with Gasteiger partial charge in [0, 0.05) is 25.7 Å². The largest absolute Gasteiger partial charge is 0.482 e. The minimum Gasteiger partial charge on any atom is -0.482 e. The number of ether oxygens (including phenoxy) is 1. The number of rotatable bonds is 7. The van der Waals surface area contributed by atoms with E-state index in [0.29, 0.717) is 30.1 Å². The number of benzene rings is 2. The zero-order valence-electron chi connectivity index (χ0n) is 15.4. The monoisotopic (exact) mass is 389 g/mol. The molecular formula is C19H23N3O4S. The molecule has 0 saturated carbocycles. The van der Waals surface area contributed by atoms with Crippen molar-refractivity contribution in [2.45, 2.75) is 18.4 Å². The Hall–Kier alpha value is -2.42. The van der Waals surface area contributed by atoms with E-state index in [1.165, 1.54) is 11.6 Å². The number of nitrogens with zero attached hydrogens (tertiary/aromatic N) is 1. The van der Waals surface area contributed by atoms with Crippen LogP contribution in [-0.2, 0) is 21.4 Å². The molecule has 0 radical (unpaired) electrons. The van der Waals surface area contributed by atoms with Gasteiger partial charge in [0.2, 0.25) is 10.0 Å². The molecular weight excluding hydrogens is 366 g/mol. The molecule has 7 nitrogen and oxygen atoms in total. The number of anilines is 1. The number of carbonyl (C=O) groups excluding carboxylic acids is 1. The van der Waals surface area contributed by atoms with Crippen LogP contribution < -0.4 is 14.8 Å². The molecule has 3 rings (SSSR count). The second kappa shape index (κ2) is 8.08. The van der Waals surface area contributed by atoms with Crippen molar-refractivity contribution in [1.82, 2.24) is 9.62 Å². The SMILES string of the molecule is Cc1cc2c(cc1S(=O)(=O)NCCN(C)Cc1ccccc1)OCC(=O)N2. The molecule has 144 valence electrons. The van der Waals surface area contributed by atoms with Crippen molar-refractivity contribution in [1.29, 1.82) is 0 Å². The standard InChI is InChI=1S/C19H23N3O4S/c1-14-10-16-17(26-13-19(23)21-16)11-18(14)27(24,25)20-8-9-22(2)12-15-6-4-3-5-7-15/h3-7,10-11,20H,8-9,12-13H2,1-2H3,(H,21,23). The van der Waals surface area contributed by atoms with Gasteiger partial charge in [-0.3, -0.25) is 4.79 Å². The van der Waals surface area contributed by atoms with E-state index in [9.17, 15) is 13.2 Å². The first-order valence-corrected chi connectivity index (χ1v) is 10.1. The molecule has 2 aromatic rings. The fraction of sp³-hybridized carbons (Fsp3) is 0.316. The Labute approximate surface area is 159 Å². The molecule has 0 bridgehead atoms. The number of likely N-dealkylation sites (N-methyl/N-ethyl adjacent to an activating group) is 1. The van der Waals surface area contributed by atoms with Gasteiger partial charge in [0.1, 0.15) is 5.75 Å². The lowest BCUT2D eigenvalue weighted by molar-refractivity contribution is -0.118. The van der Waals surface area contributed by atoms with E-state index in [2.05, 4.69) is 14.9 Å². The summed E-state index contributed by atoms with van der Waals surface area (Å²) in [7, 11) is -1.73. The van der Waals surface area contributed by atoms with Crippen LogP contribution in [0.4, 0.5) is 5.69 Å². The molecule has 0 atom stereocenters. The lowest BCUT2D eigenvalue weighted by Crippen LogP contribution is -2.33. The highest BCUT2D eigenvalue weighted by Gasteiger charge is 2.23. The number of aryl methyl sites for hydroxylation is 1. The Bertz CT molecular complexity index is 929. The van der Waals surface area contributed by atoms with Crippen LogP contribution in [0.2, 0.25) is 0 Å². The smallest absolute Gasteiger partial charge is 0.262 e. The van der Waals surface area contributed by atoms with Gasteiger partial charge in [-0.25, -0.2) is 13.1 Å². The van der Waals surface area contributed by atoms with Crippen molar-refractivity contribution in [3.8, 4) is 5.75 Å². The van der Waals surface area contributed by atoms with Gasteiger partial charge < -0.3 is 15.0 Å². The summed E-state index contributed by atoms with van der Waals surface area (Å²) in [6.07, 6.45) is 0. The van der Waals surface area contributed by atoms with Crippen molar-refractivity contribution < 1.29 is 17.9 Å². The predicted molar refractivity (Wildman–Crippen MR) is 103 cm³/mol. The second-order valence-electron chi connectivity index (χ2n) is 6.57. The molecule has 2 N–H and O–H groups in total. The second-order valence-corrected chi connectivity index (χ2v) is 8.31. The molecule has 0 aliphatic carbocycles. The number of fused-ring (bicyclic) bond motifs is 1. The Morgan fingerprint density at radius 2 is 1.96 bits per heavy atom. The number of nitrogens with one attached hydrogen (secondary N) is 2. The number of hydrogen-bond acceptors (Lipinski definition) is 5. The minimum absolute atomic E-state index is 0.118. The van der Waals surface area contributed by atoms with Crippen molar-refractivity contribution in [2.75, 3.05) is 32.1 Å². The summed E-state index contributed by atoms with van der Waals surface area (Å²) in [5, 5.41) is 2.67. The lowest BCUT2D eigenvalue weighted by atomic mass is 10.2. The molecule has 0 unspecified atom stereocenters. The Morgan fingerprint density at radius 1 is 1.22 bits per heavy atom. The molecule has 1 amide bonds. The van der Waals surface area contributed by atoms with Crippen LogP contribution >= 0.6 is 0 Å². The average Bonchev–Trinajstić information content (AvgIpc) is 2.61. The van der Waals surface area contributed by atoms with Crippen LogP contribution in [0.1, 0.15) is 11.1 Å². The highest BCUT2D eigenvalue weighted by molar-refractivity contribution is 7.89. The van der Waals surface area contributed by atoms with E-state index in [0.717, 1.165) is 6.54 Å². The van der Waals surface area contributed by atoms with Crippen molar-refractivity contribution >= 4 is 21.6 Å². The first-order valence-electron chi connectivity index (χ1n) is 8.64. The Balaban J connectivity index is 1.62. The van der Waals surface area contributed by atoms with Gasteiger partial charge in [0.05, 0.1) is 10.6 Å². The molecule has 8 heteroatoms. The van der Waals surface area contributed by atoms with Crippen LogP contribution in [0.5, 0.6) is 5.75 Å². The minimum atomic E-state index is -3.68. The van der Waals surface area contributed by atoms with E-state index in [1.54, 1.807) is 13.0 Å². The summed E-state index contributed by atoms with van der Waals surface area (Å²) in [6, 6.07) is 13.1. The maximum absolute atomic E-state index is 12.7. The first-order chi connectivity index (χ1) is 12.8. The zero-order valence-corrected chi connectivity index (χ0v) is 16.2. The maximum atomic E-state index is 12.7. The third-order valence-corrected chi connectivity index (χ3v) is 5.88. The van der Waals surface area contributed by atoms with E-state index in [-0.39, 0.29) is 17.4 Å². The van der Waals surface area contributed by atoms with E-state index in [4.69, 9.17) is 4.74 Å². The van der Waals surface area contributed by atoms with Gasteiger partial charge in [0.25, 0.3) is 5.91 Å². The van der Waals surface area contributed by atoms with Crippen LogP contribution in [0.25, 0.3) is 0 Å². The van der Waals surface area contributed by atoms with Crippen molar-refractivity contribution in [3.63, 3.8) is 0 Å². The molecule has 0 fully saturated rings. The van der Waals surface area contributed by atoms with Crippen LogP contribution in [0.3, 0.4) is 0 Å². The van der Waals surface area contributed by atoms with Gasteiger partial charge in [-0.1, -0.05) is 30.3 Å². The average molecular weight is 389 g/mol. The summed E-state index contributed by atoms with van der Waals surface area (Å²) in [4.78, 5) is 13.6. The Morgan fingerprint density at radius 3 is 2.70 bits per heavy atom. The summed E-state index contributed by atoms with van der Waals surface area (Å²) < 4.78 is 33.3. The quantitative estimate of drug-likeness (QED) is 0.753. The van der Waals surface area contributed by atoms with E-state index in [1.807, 2.05) is 37.4 Å². The summed E-state index contributed by atoms with van der Waals surface area (Å²) in [5.41, 5.74) is 2.21. The topological polar surface area (TPSA) is 87.7 Å². The first kappa shape index (κ1) is 19.3. The summed E-state index contributed by atoms with van der Waals surface area (Å²) in [5.74, 6) is 0.110. The highest BCUT2D eigenvalue weighted by Crippen LogP contribution is 2.32. The molecule has 27 heavy (non-hydrogen) atoms. The number of carbonyl (C=O) groups is 1. The van der Waals surface area contributed by atoms with Gasteiger partial charge in [-0.2, -0.15) is 0 Å². The van der Waals surface area contributed by atoms with Gasteiger partial charge in [-0.05, 0) is 31.2 Å². The fourth-order valence-electron chi connectivity index (χ4n) is 2.93. The van der Waals surface area contributed by atoms with E-state index >= 15 is 0 Å². The zero-order chi connectivity index (χ0) is 19.4. The van der Waals surface area contributed by atoms with Crippen molar-refractivity contribution in [2.24, 2.45) is 0 Å². The van der Waals surface area contributed by atoms with Crippen molar-refractivity contribution in [3.05, 3.63) is 53.6 Å². The lowest BCUT2D eigenvalue weighted by Gasteiger charge is -2.21. The maximum Gasteiger partial charge on any atom is 0.262 e. The van der Waals surface area contributed by atoms with Crippen LogP contribution in [0, 0.1) is 6.92 Å². The number of sulfonamides is 1. The highest BCUT2D eigenvalue weighted by atomic mass is 32.2. The van der Waals surface area contributed by atoms with Crippen LogP contribution in [-0.4, -0.2) is 46.0 Å². The molecule has 1 aliphatic heterocycles. The summed E-state index contributed by atoms with van der Waals surface area (Å²) in [6.45, 7) is 3.18. The molecule has 0 saturated heterocycles.